The summed E-state index contributed by atoms with van der Waals surface area (Å²) in [6, 6.07) is 8.91. The number of thiophene rings is 1. The summed E-state index contributed by atoms with van der Waals surface area (Å²) in [4.78, 5) is 30.8. The van der Waals surface area contributed by atoms with Gasteiger partial charge in [-0.3, -0.25) is 19.7 Å². The average molecular weight is 397 g/mol. The summed E-state index contributed by atoms with van der Waals surface area (Å²) in [5, 5.41) is 9.08. The zero-order chi connectivity index (χ0) is 19.5. The van der Waals surface area contributed by atoms with Crippen LogP contribution in [0, 0.1) is 0 Å². The van der Waals surface area contributed by atoms with Crippen molar-refractivity contribution in [2.75, 3.05) is 13.1 Å². The third kappa shape index (κ3) is 3.89. The van der Waals surface area contributed by atoms with E-state index in [1.54, 1.807) is 28.4 Å². The van der Waals surface area contributed by atoms with Gasteiger partial charge in [0.1, 0.15) is 17.5 Å². The molecule has 3 aromatic heterocycles. The first-order valence-electron chi connectivity index (χ1n) is 8.91. The number of nitrogens with two attached hydrogens (primary N) is 1. The maximum atomic E-state index is 12.8. The van der Waals surface area contributed by atoms with Gasteiger partial charge >= 0.3 is 0 Å². The monoisotopic (exact) mass is 397 g/mol. The number of amides is 2. The Morgan fingerprint density at radius 3 is 2.96 bits per heavy atom. The van der Waals surface area contributed by atoms with E-state index >= 15 is 0 Å². The smallest absolute Gasteiger partial charge is 0.274 e. The predicted octanol–water partition coefficient (Wildman–Crippen LogP) is 2.32. The normalized spacial score (nSPS) is 16.7. The van der Waals surface area contributed by atoms with Crippen molar-refractivity contribution in [3.63, 3.8) is 0 Å². The molecule has 4 rings (SSSR count). The quantitative estimate of drug-likeness (QED) is 0.686. The van der Waals surface area contributed by atoms with Gasteiger partial charge in [-0.2, -0.15) is 5.10 Å². The van der Waals surface area contributed by atoms with E-state index in [2.05, 4.69) is 15.2 Å². The SMILES string of the molecule is NC(=O)c1cc(OC2CCCN(C(=O)c3cc(-c4cccs4)[nH]n3)C2)ccn1. The number of pyridine rings is 1. The lowest BCUT2D eigenvalue weighted by Crippen LogP contribution is -2.44. The number of likely N-dealkylation sites (tertiary alicyclic amines) is 1. The zero-order valence-corrected chi connectivity index (χ0v) is 15.8. The second kappa shape index (κ2) is 7.81. The molecule has 0 radical (unpaired) electrons. The maximum Gasteiger partial charge on any atom is 0.274 e. The molecule has 1 unspecified atom stereocenters. The number of carbonyl (C=O) groups excluding carboxylic acids is 2. The third-order valence-electron chi connectivity index (χ3n) is 4.54. The Morgan fingerprint density at radius 2 is 2.18 bits per heavy atom. The molecule has 1 fully saturated rings. The van der Waals surface area contributed by atoms with E-state index in [9.17, 15) is 9.59 Å². The summed E-state index contributed by atoms with van der Waals surface area (Å²) in [5.41, 5.74) is 6.64. The van der Waals surface area contributed by atoms with Crippen LogP contribution in [-0.4, -0.2) is 51.1 Å². The molecule has 1 atom stereocenters. The summed E-state index contributed by atoms with van der Waals surface area (Å²) in [7, 11) is 0. The van der Waals surface area contributed by atoms with Crippen LogP contribution in [0.1, 0.15) is 33.8 Å². The fourth-order valence-corrected chi connectivity index (χ4v) is 3.87. The van der Waals surface area contributed by atoms with Crippen molar-refractivity contribution in [2.24, 2.45) is 5.73 Å². The van der Waals surface area contributed by atoms with Gasteiger partial charge in [-0.15, -0.1) is 11.3 Å². The molecule has 0 saturated carbocycles. The van der Waals surface area contributed by atoms with Crippen molar-refractivity contribution < 1.29 is 14.3 Å². The highest BCUT2D eigenvalue weighted by Gasteiger charge is 2.27. The fraction of sp³-hybridized carbons (Fsp3) is 0.263. The van der Waals surface area contributed by atoms with Crippen molar-refractivity contribution in [1.29, 1.82) is 0 Å². The minimum absolute atomic E-state index is 0.125. The molecule has 0 spiro atoms. The number of ether oxygens (including phenoxy) is 1. The lowest BCUT2D eigenvalue weighted by atomic mass is 10.1. The van der Waals surface area contributed by atoms with E-state index in [-0.39, 0.29) is 17.7 Å². The maximum absolute atomic E-state index is 12.8. The first kappa shape index (κ1) is 18.2. The summed E-state index contributed by atoms with van der Waals surface area (Å²) in [6.45, 7) is 1.11. The Bertz CT molecular complexity index is 985. The molecule has 0 aliphatic carbocycles. The summed E-state index contributed by atoms with van der Waals surface area (Å²) in [5.74, 6) is -0.214. The zero-order valence-electron chi connectivity index (χ0n) is 15.0. The topological polar surface area (TPSA) is 114 Å². The van der Waals surface area contributed by atoms with Crippen molar-refractivity contribution in [2.45, 2.75) is 18.9 Å². The van der Waals surface area contributed by atoms with Crippen LogP contribution in [0.2, 0.25) is 0 Å². The fourth-order valence-electron chi connectivity index (χ4n) is 3.18. The van der Waals surface area contributed by atoms with Gasteiger partial charge in [-0.05, 0) is 36.4 Å². The van der Waals surface area contributed by atoms with E-state index < -0.39 is 5.91 Å². The molecule has 144 valence electrons. The number of rotatable bonds is 5. The van der Waals surface area contributed by atoms with Crippen LogP contribution in [0.25, 0.3) is 10.6 Å². The molecular formula is C19H19N5O3S. The number of aromatic nitrogens is 3. The van der Waals surface area contributed by atoms with E-state index in [1.165, 1.54) is 12.3 Å². The largest absolute Gasteiger partial charge is 0.488 e. The van der Waals surface area contributed by atoms with Gasteiger partial charge in [0.25, 0.3) is 11.8 Å². The van der Waals surface area contributed by atoms with Crippen LogP contribution in [0.5, 0.6) is 5.75 Å². The van der Waals surface area contributed by atoms with E-state index in [0.29, 0.717) is 24.5 Å². The van der Waals surface area contributed by atoms with Crippen LogP contribution < -0.4 is 10.5 Å². The summed E-state index contributed by atoms with van der Waals surface area (Å²) >= 11 is 1.59. The number of primary amides is 1. The number of carbonyl (C=O) groups is 2. The van der Waals surface area contributed by atoms with Gasteiger partial charge in [-0.25, -0.2) is 0 Å². The van der Waals surface area contributed by atoms with Crippen molar-refractivity contribution in [1.82, 2.24) is 20.1 Å². The first-order valence-corrected chi connectivity index (χ1v) is 9.79. The molecule has 3 N–H and O–H groups in total. The van der Waals surface area contributed by atoms with Crippen LogP contribution in [0.3, 0.4) is 0 Å². The third-order valence-corrected chi connectivity index (χ3v) is 5.44. The van der Waals surface area contributed by atoms with Crippen LogP contribution in [0.15, 0.2) is 41.9 Å². The Balaban J connectivity index is 1.43. The number of H-pyrrole nitrogens is 1. The molecule has 0 bridgehead atoms. The second-order valence-electron chi connectivity index (χ2n) is 6.52. The van der Waals surface area contributed by atoms with Crippen molar-refractivity contribution >= 4 is 23.2 Å². The van der Waals surface area contributed by atoms with Gasteiger partial charge in [0, 0.05) is 18.8 Å². The highest BCUT2D eigenvalue weighted by atomic mass is 32.1. The number of nitrogens with one attached hydrogen (secondary N) is 1. The summed E-state index contributed by atoms with van der Waals surface area (Å²) in [6.07, 6.45) is 2.96. The predicted molar refractivity (Wildman–Crippen MR) is 104 cm³/mol. The number of aromatic amines is 1. The molecule has 9 heteroatoms. The van der Waals surface area contributed by atoms with Crippen molar-refractivity contribution in [3.05, 3.63) is 53.3 Å². The Kier molecular flexibility index (Phi) is 5.07. The molecule has 3 aromatic rings. The Labute approximate surface area is 165 Å². The molecule has 0 aromatic carbocycles. The average Bonchev–Trinajstić information content (AvgIpc) is 3.39. The van der Waals surface area contributed by atoms with Gasteiger partial charge in [0.15, 0.2) is 5.69 Å². The standard InChI is InChI=1S/C19H19N5O3S/c20-18(25)15-9-12(5-6-21-15)27-13-3-1-7-24(11-13)19(26)16-10-14(22-23-16)17-4-2-8-28-17/h2,4-6,8-10,13H,1,3,7,11H2,(H2,20,25)(H,22,23). The first-order chi connectivity index (χ1) is 13.6. The van der Waals surface area contributed by atoms with Gasteiger partial charge < -0.3 is 15.4 Å². The second-order valence-corrected chi connectivity index (χ2v) is 7.47. The van der Waals surface area contributed by atoms with E-state index in [0.717, 1.165) is 23.4 Å². The van der Waals surface area contributed by atoms with Crippen LogP contribution in [-0.2, 0) is 0 Å². The Morgan fingerprint density at radius 1 is 1.29 bits per heavy atom. The molecule has 28 heavy (non-hydrogen) atoms. The molecule has 1 aliphatic heterocycles. The number of hydrogen-bond acceptors (Lipinski definition) is 6. The minimum atomic E-state index is -0.606. The number of piperidine rings is 1. The summed E-state index contributed by atoms with van der Waals surface area (Å²) < 4.78 is 5.96. The van der Waals surface area contributed by atoms with Crippen molar-refractivity contribution in [3.8, 4) is 16.3 Å². The van der Waals surface area contributed by atoms with Gasteiger partial charge in [0.2, 0.25) is 0 Å². The number of hydrogen-bond donors (Lipinski definition) is 2. The molecule has 1 aliphatic rings. The van der Waals surface area contributed by atoms with E-state index in [1.807, 2.05) is 17.5 Å². The van der Waals surface area contributed by atoms with Gasteiger partial charge in [-0.1, -0.05) is 6.07 Å². The number of nitrogens with zero attached hydrogens (tertiary/aromatic N) is 3. The Hall–Kier alpha value is -3.20. The lowest BCUT2D eigenvalue weighted by Gasteiger charge is -2.32. The van der Waals surface area contributed by atoms with Gasteiger partial charge in [0.05, 0.1) is 17.1 Å². The minimum Gasteiger partial charge on any atom is -0.488 e. The molecule has 4 heterocycles. The van der Waals surface area contributed by atoms with Crippen LogP contribution >= 0.6 is 11.3 Å². The molecule has 8 nitrogen and oxygen atoms in total. The van der Waals surface area contributed by atoms with Crippen LogP contribution in [0.4, 0.5) is 0 Å². The highest BCUT2D eigenvalue weighted by Crippen LogP contribution is 2.24. The highest BCUT2D eigenvalue weighted by molar-refractivity contribution is 7.13. The molecule has 1 saturated heterocycles. The molecular weight excluding hydrogens is 378 g/mol. The van der Waals surface area contributed by atoms with E-state index in [4.69, 9.17) is 10.5 Å². The molecule has 2 amide bonds. The lowest BCUT2D eigenvalue weighted by molar-refractivity contribution is 0.0532.